The lowest BCUT2D eigenvalue weighted by Gasteiger charge is -2.40. The molecule has 2 saturated heterocycles. The van der Waals surface area contributed by atoms with E-state index < -0.39 is 5.54 Å². The second-order valence-electron chi connectivity index (χ2n) is 6.94. The van der Waals surface area contributed by atoms with Gasteiger partial charge in [-0.1, -0.05) is 23.2 Å². The van der Waals surface area contributed by atoms with Crippen LogP contribution in [0.4, 0.5) is 0 Å². The quantitative estimate of drug-likeness (QED) is 0.887. The predicted molar refractivity (Wildman–Crippen MR) is 96.4 cm³/mol. The van der Waals surface area contributed by atoms with Crippen molar-refractivity contribution in [2.24, 2.45) is 11.7 Å². The summed E-state index contributed by atoms with van der Waals surface area (Å²) in [7, 11) is 0. The first-order valence-corrected chi connectivity index (χ1v) is 9.33. The second kappa shape index (κ2) is 7.61. The summed E-state index contributed by atoms with van der Waals surface area (Å²) in [5.74, 6) is 0.610. The van der Waals surface area contributed by atoms with Crippen LogP contribution in [0.1, 0.15) is 31.2 Å². The zero-order chi connectivity index (χ0) is 17.2. The van der Waals surface area contributed by atoms with Crippen LogP contribution in [0.25, 0.3) is 0 Å². The van der Waals surface area contributed by atoms with E-state index in [1.165, 1.54) is 0 Å². The lowest BCUT2D eigenvalue weighted by atomic mass is 9.86. The number of nitrogens with two attached hydrogens (primary N) is 1. The molecule has 1 aromatic rings. The van der Waals surface area contributed by atoms with E-state index >= 15 is 0 Å². The molecule has 132 valence electrons. The van der Waals surface area contributed by atoms with Gasteiger partial charge in [0, 0.05) is 36.3 Å². The van der Waals surface area contributed by atoms with Crippen LogP contribution in [0.3, 0.4) is 0 Å². The van der Waals surface area contributed by atoms with E-state index in [1.54, 1.807) is 0 Å². The molecule has 1 aromatic carbocycles. The van der Waals surface area contributed by atoms with Crippen LogP contribution in [0.2, 0.25) is 10.0 Å². The molecule has 0 atom stereocenters. The van der Waals surface area contributed by atoms with Crippen LogP contribution in [0.15, 0.2) is 18.2 Å². The van der Waals surface area contributed by atoms with Gasteiger partial charge in [0.1, 0.15) is 0 Å². The summed E-state index contributed by atoms with van der Waals surface area (Å²) >= 11 is 12.3. The Morgan fingerprint density at radius 1 is 1.25 bits per heavy atom. The summed E-state index contributed by atoms with van der Waals surface area (Å²) in [4.78, 5) is 14.7. The van der Waals surface area contributed by atoms with Gasteiger partial charge in [-0.15, -0.1) is 0 Å². The third-order valence-corrected chi connectivity index (χ3v) is 5.83. The number of carbonyl (C=O) groups is 1. The highest BCUT2D eigenvalue weighted by molar-refractivity contribution is 6.33. The maximum atomic E-state index is 12.7. The average molecular weight is 371 g/mol. The van der Waals surface area contributed by atoms with Crippen LogP contribution in [0.5, 0.6) is 0 Å². The lowest BCUT2D eigenvalue weighted by molar-refractivity contribution is -0.142. The fraction of sp³-hybridized carbons (Fsp3) is 0.611. The molecule has 6 heteroatoms. The van der Waals surface area contributed by atoms with Crippen molar-refractivity contribution in [1.82, 2.24) is 4.90 Å². The first-order chi connectivity index (χ1) is 11.5. The van der Waals surface area contributed by atoms with E-state index in [0.717, 1.165) is 42.9 Å². The van der Waals surface area contributed by atoms with Crippen molar-refractivity contribution in [2.75, 3.05) is 26.3 Å². The number of rotatable bonds is 3. The van der Waals surface area contributed by atoms with E-state index in [0.29, 0.717) is 37.0 Å². The third-order valence-electron chi connectivity index (χ3n) is 5.23. The minimum atomic E-state index is -0.735. The van der Waals surface area contributed by atoms with Gasteiger partial charge in [0.15, 0.2) is 0 Å². The molecule has 0 unspecified atom stereocenters. The zero-order valence-corrected chi connectivity index (χ0v) is 15.3. The molecule has 3 rings (SSSR count). The first-order valence-electron chi connectivity index (χ1n) is 8.58. The van der Waals surface area contributed by atoms with Gasteiger partial charge in [-0.2, -0.15) is 0 Å². The van der Waals surface area contributed by atoms with Crippen LogP contribution < -0.4 is 5.73 Å². The molecule has 0 aliphatic carbocycles. The molecule has 2 fully saturated rings. The van der Waals surface area contributed by atoms with Gasteiger partial charge >= 0.3 is 0 Å². The van der Waals surface area contributed by atoms with Gasteiger partial charge in [-0.3, -0.25) is 4.79 Å². The molecule has 0 radical (unpaired) electrons. The zero-order valence-electron chi connectivity index (χ0n) is 13.8. The van der Waals surface area contributed by atoms with E-state index in [-0.39, 0.29) is 5.91 Å². The number of carbonyl (C=O) groups excluding carboxylic acids is 1. The Morgan fingerprint density at radius 3 is 2.58 bits per heavy atom. The number of likely N-dealkylation sites (tertiary alicyclic amines) is 1. The maximum Gasteiger partial charge on any atom is 0.242 e. The fourth-order valence-electron chi connectivity index (χ4n) is 3.62. The molecule has 2 aliphatic heterocycles. The van der Waals surface area contributed by atoms with E-state index in [4.69, 9.17) is 33.7 Å². The summed E-state index contributed by atoms with van der Waals surface area (Å²) in [6, 6.07) is 5.60. The molecular formula is C18H24Cl2N2O2. The van der Waals surface area contributed by atoms with Gasteiger partial charge in [0.2, 0.25) is 5.91 Å². The summed E-state index contributed by atoms with van der Waals surface area (Å²) in [5.41, 5.74) is 6.68. The van der Waals surface area contributed by atoms with Crippen molar-refractivity contribution in [3.63, 3.8) is 0 Å². The Morgan fingerprint density at radius 2 is 1.92 bits per heavy atom. The lowest BCUT2D eigenvalue weighted by Crippen LogP contribution is -2.59. The standard InChI is InChI=1S/C18H24Cl2N2O2/c19-15-1-2-16(20)14(12-15)11-13-3-7-22(8-4-13)17(23)18(21)5-9-24-10-6-18/h1-2,12-13H,3-11,21H2. The summed E-state index contributed by atoms with van der Waals surface area (Å²) in [5, 5.41) is 1.48. The van der Waals surface area contributed by atoms with Gasteiger partial charge < -0.3 is 15.4 Å². The van der Waals surface area contributed by atoms with E-state index in [2.05, 4.69) is 0 Å². The highest BCUT2D eigenvalue weighted by Crippen LogP contribution is 2.29. The number of hydrogen-bond acceptors (Lipinski definition) is 3. The molecule has 24 heavy (non-hydrogen) atoms. The summed E-state index contributed by atoms with van der Waals surface area (Å²) < 4.78 is 5.33. The molecule has 2 heterocycles. The molecule has 2 aliphatic rings. The van der Waals surface area contributed by atoms with Gasteiger partial charge in [0.05, 0.1) is 5.54 Å². The van der Waals surface area contributed by atoms with Crippen molar-refractivity contribution in [3.05, 3.63) is 33.8 Å². The van der Waals surface area contributed by atoms with Gasteiger partial charge in [-0.25, -0.2) is 0 Å². The molecule has 0 saturated carbocycles. The Kier molecular flexibility index (Phi) is 5.70. The average Bonchev–Trinajstić information content (AvgIpc) is 2.59. The van der Waals surface area contributed by atoms with Crippen LogP contribution >= 0.6 is 23.2 Å². The smallest absolute Gasteiger partial charge is 0.242 e. The van der Waals surface area contributed by atoms with Crippen LogP contribution in [-0.2, 0) is 16.0 Å². The number of nitrogens with zero attached hydrogens (tertiary/aromatic N) is 1. The minimum absolute atomic E-state index is 0.0880. The van der Waals surface area contributed by atoms with Gasteiger partial charge in [0.25, 0.3) is 0 Å². The second-order valence-corrected chi connectivity index (χ2v) is 7.79. The summed E-state index contributed by atoms with van der Waals surface area (Å²) in [6.07, 6.45) is 4.08. The number of halogens is 2. The topological polar surface area (TPSA) is 55.6 Å². The van der Waals surface area contributed by atoms with Crippen molar-refractivity contribution in [2.45, 2.75) is 37.6 Å². The molecule has 0 spiro atoms. The molecule has 0 aromatic heterocycles. The molecule has 2 N–H and O–H groups in total. The molecule has 0 bridgehead atoms. The number of benzene rings is 1. The largest absolute Gasteiger partial charge is 0.381 e. The van der Waals surface area contributed by atoms with Crippen molar-refractivity contribution in [3.8, 4) is 0 Å². The van der Waals surface area contributed by atoms with Crippen molar-refractivity contribution < 1.29 is 9.53 Å². The van der Waals surface area contributed by atoms with Crippen LogP contribution in [0, 0.1) is 5.92 Å². The monoisotopic (exact) mass is 370 g/mol. The van der Waals surface area contributed by atoms with Crippen molar-refractivity contribution in [1.29, 1.82) is 0 Å². The normalized spacial score (nSPS) is 21.7. The number of hydrogen-bond donors (Lipinski definition) is 1. The summed E-state index contributed by atoms with van der Waals surface area (Å²) in [6.45, 7) is 2.68. The highest BCUT2D eigenvalue weighted by atomic mass is 35.5. The third kappa shape index (κ3) is 4.05. The van der Waals surface area contributed by atoms with Gasteiger partial charge in [-0.05, 0) is 61.8 Å². The number of amides is 1. The number of piperidine rings is 1. The molecule has 1 amide bonds. The predicted octanol–water partition coefficient (Wildman–Crippen LogP) is 3.28. The van der Waals surface area contributed by atoms with E-state index in [1.807, 2.05) is 23.1 Å². The Labute approximate surface area is 153 Å². The maximum absolute atomic E-state index is 12.7. The Hall–Kier alpha value is -0.810. The van der Waals surface area contributed by atoms with Crippen LogP contribution in [-0.4, -0.2) is 42.6 Å². The van der Waals surface area contributed by atoms with E-state index in [9.17, 15) is 4.79 Å². The first kappa shape index (κ1) is 18.0. The van der Waals surface area contributed by atoms with Crippen molar-refractivity contribution >= 4 is 29.1 Å². The SMILES string of the molecule is NC1(C(=O)N2CCC(Cc3cc(Cl)ccc3Cl)CC2)CCOCC1. The number of ether oxygens (including phenoxy) is 1. The minimum Gasteiger partial charge on any atom is -0.381 e. The highest BCUT2D eigenvalue weighted by Gasteiger charge is 2.39. The molecular weight excluding hydrogens is 347 g/mol. The fourth-order valence-corrected chi connectivity index (χ4v) is 4.00. The molecule has 4 nitrogen and oxygen atoms in total. The Balaban J connectivity index is 1.55. The Bertz CT molecular complexity index is 595.